The van der Waals surface area contributed by atoms with E-state index in [2.05, 4.69) is 300 Å². The number of aromatic nitrogens is 1. The molecule has 0 radical (unpaired) electrons. The fraction of sp³-hybridized carbons (Fsp3) is 0.0303. The van der Waals surface area contributed by atoms with Gasteiger partial charge in [0.15, 0.2) is 0 Å². The van der Waals surface area contributed by atoms with Crippen LogP contribution in [0.5, 0.6) is 0 Å². The predicted molar refractivity (Wildman–Crippen MR) is 295 cm³/mol. The summed E-state index contributed by atoms with van der Waals surface area (Å²) in [4.78, 5) is 4.72. The molecule has 0 aliphatic carbocycles. The topological polar surface area (TPSA) is 11.4 Å². The van der Waals surface area contributed by atoms with Gasteiger partial charge in [-0.05, 0) is 130 Å². The Morgan fingerprint density at radius 3 is 1.01 bits per heavy atom. The summed E-state index contributed by atoms with van der Waals surface area (Å²) in [6.07, 6.45) is 8.51. The molecule has 0 unspecified atom stereocenters. The first-order valence-electron chi connectivity index (χ1n) is 23.7. The Bertz CT molecular complexity index is 3430. The van der Waals surface area contributed by atoms with Crippen molar-refractivity contribution >= 4 is 55.9 Å². The van der Waals surface area contributed by atoms with Crippen molar-refractivity contribution in [2.45, 2.75) is 13.5 Å². The summed E-state index contributed by atoms with van der Waals surface area (Å²) < 4.78 is 2.43. The largest absolute Gasteiger partial charge is 0.337 e. The number of hydrogen-bond donors (Lipinski definition) is 0. The highest BCUT2D eigenvalue weighted by Gasteiger charge is 2.18. The van der Waals surface area contributed by atoms with E-state index >= 15 is 0 Å². The summed E-state index contributed by atoms with van der Waals surface area (Å²) in [6.45, 7) is 2.82. The monoisotopic (exact) mass is 885 g/mol. The minimum atomic E-state index is 0.774. The molecule has 330 valence electrons. The van der Waals surface area contributed by atoms with E-state index in [9.17, 15) is 0 Å². The molecule has 3 heteroatoms. The third kappa shape index (κ3) is 8.90. The van der Waals surface area contributed by atoms with Crippen molar-refractivity contribution in [3.63, 3.8) is 0 Å². The van der Waals surface area contributed by atoms with Gasteiger partial charge in [-0.2, -0.15) is 0 Å². The Morgan fingerprint density at radius 1 is 0.304 bits per heavy atom. The van der Waals surface area contributed by atoms with Crippen LogP contribution in [-0.2, 0) is 6.54 Å². The second-order valence-corrected chi connectivity index (χ2v) is 17.3. The SMILES string of the molecule is C/C=C\C=C/Cn1c2ccccc2c2ccc(N(c3ccc(-c4ccccc4)cc3)c3ccc(-c4ccc(N(c5ccc(-c6ccccc6)cc5)c5ccc(-c6ccccc6)cc5)cc4)cc3)cc21. The van der Waals surface area contributed by atoms with E-state index in [0.717, 1.165) is 51.8 Å². The summed E-state index contributed by atoms with van der Waals surface area (Å²) in [5.41, 5.74) is 18.5. The van der Waals surface area contributed by atoms with Crippen LogP contribution < -0.4 is 9.80 Å². The summed E-state index contributed by atoms with van der Waals surface area (Å²) in [5, 5.41) is 2.51. The minimum absolute atomic E-state index is 0.774. The Morgan fingerprint density at radius 2 is 0.623 bits per heavy atom. The van der Waals surface area contributed by atoms with Gasteiger partial charge in [0.25, 0.3) is 0 Å². The number of rotatable bonds is 13. The fourth-order valence-corrected chi connectivity index (χ4v) is 9.53. The molecule has 0 N–H and O–H groups in total. The van der Waals surface area contributed by atoms with Gasteiger partial charge >= 0.3 is 0 Å². The van der Waals surface area contributed by atoms with Gasteiger partial charge in [-0.3, -0.25) is 0 Å². The van der Waals surface area contributed by atoms with Crippen LogP contribution in [0, 0.1) is 0 Å². The molecule has 11 aromatic rings. The highest BCUT2D eigenvalue weighted by molar-refractivity contribution is 6.09. The molecular formula is C66H51N3. The predicted octanol–water partition coefficient (Wildman–Crippen LogP) is 18.5. The first-order chi connectivity index (χ1) is 34.2. The Balaban J connectivity index is 0.942. The lowest BCUT2D eigenvalue weighted by atomic mass is 10.0. The van der Waals surface area contributed by atoms with Crippen LogP contribution in [0.15, 0.2) is 279 Å². The summed E-state index contributed by atoms with van der Waals surface area (Å²) in [6, 6.07) is 92.0. The molecule has 1 aromatic heterocycles. The number of hydrogen-bond acceptors (Lipinski definition) is 2. The zero-order valence-corrected chi connectivity index (χ0v) is 38.6. The van der Waals surface area contributed by atoms with Crippen molar-refractivity contribution in [1.29, 1.82) is 0 Å². The zero-order chi connectivity index (χ0) is 46.4. The van der Waals surface area contributed by atoms with Crippen LogP contribution in [0.25, 0.3) is 66.3 Å². The molecule has 1 heterocycles. The van der Waals surface area contributed by atoms with Crippen LogP contribution in [-0.4, -0.2) is 4.57 Å². The maximum atomic E-state index is 2.43. The van der Waals surface area contributed by atoms with Crippen molar-refractivity contribution in [2.24, 2.45) is 0 Å². The molecule has 0 saturated heterocycles. The molecule has 11 rings (SSSR count). The third-order valence-corrected chi connectivity index (χ3v) is 13.0. The Kier molecular flexibility index (Phi) is 12.1. The molecule has 0 aliphatic rings. The molecule has 0 amide bonds. The van der Waals surface area contributed by atoms with E-state index in [1.165, 1.54) is 55.2 Å². The van der Waals surface area contributed by atoms with Gasteiger partial charge in [0.05, 0.1) is 5.52 Å². The standard InChI is InChI=1S/C66H51N3/c1-2-3-4-16-47-67-65-24-15-14-23-63(65)64-46-45-62(48-66(64)67)69(60-41-29-54(30-42-60)51-21-12-7-13-22-51)61-43-33-56(34-44-61)55-31-39-59(40-32-55)68(57-35-25-52(26-36-57)49-17-8-5-9-18-49)58-37-27-53(28-38-58)50-19-10-6-11-20-50/h2-46,48H,47H2,1H3/b3-2-,16-4-. The molecule has 10 aromatic carbocycles. The van der Waals surface area contributed by atoms with E-state index in [-0.39, 0.29) is 0 Å². The van der Waals surface area contributed by atoms with E-state index in [1.807, 2.05) is 0 Å². The molecular weight excluding hydrogens is 835 g/mol. The van der Waals surface area contributed by atoms with E-state index in [1.54, 1.807) is 0 Å². The van der Waals surface area contributed by atoms with Crippen LogP contribution >= 0.6 is 0 Å². The van der Waals surface area contributed by atoms with E-state index in [4.69, 9.17) is 0 Å². The van der Waals surface area contributed by atoms with Gasteiger partial charge in [0.2, 0.25) is 0 Å². The first kappa shape index (κ1) is 42.7. The average Bonchev–Trinajstić information content (AvgIpc) is 3.74. The number of benzene rings is 10. The van der Waals surface area contributed by atoms with Gasteiger partial charge in [0.1, 0.15) is 0 Å². The number of fused-ring (bicyclic) bond motifs is 3. The smallest absolute Gasteiger partial charge is 0.0515 e. The quantitative estimate of drug-likeness (QED) is 0.107. The van der Waals surface area contributed by atoms with Crippen LogP contribution in [0.1, 0.15) is 6.92 Å². The lowest BCUT2D eigenvalue weighted by molar-refractivity contribution is 0.899. The maximum Gasteiger partial charge on any atom is 0.0515 e. The third-order valence-electron chi connectivity index (χ3n) is 13.0. The summed E-state index contributed by atoms with van der Waals surface area (Å²) >= 11 is 0. The molecule has 69 heavy (non-hydrogen) atoms. The molecule has 0 fully saturated rings. The molecule has 0 saturated carbocycles. The highest BCUT2D eigenvalue weighted by atomic mass is 15.1. The second-order valence-electron chi connectivity index (χ2n) is 17.3. The molecule has 0 aliphatic heterocycles. The van der Waals surface area contributed by atoms with Crippen molar-refractivity contribution in [1.82, 2.24) is 4.57 Å². The van der Waals surface area contributed by atoms with Crippen molar-refractivity contribution in [3.8, 4) is 44.5 Å². The number of para-hydroxylation sites is 1. The van der Waals surface area contributed by atoms with Crippen molar-refractivity contribution in [2.75, 3.05) is 9.80 Å². The Labute approximate surface area is 405 Å². The van der Waals surface area contributed by atoms with Crippen molar-refractivity contribution in [3.05, 3.63) is 279 Å². The van der Waals surface area contributed by atoms with Gasteiger partial charge in [-0.1, -0.05) is 200 Å². The maximum absolute atomic E-state index is 2.43. The first-order valence-corrected chi connectivity index (χ1v) is 23.7. The van der Waals surface area contributed by atoms with Crippen LogP contribution in [0.3, 0.4) is 0 Å². The van der Waals surface area contributed by atoms with Crippen LogP contribution in [0.4, 0.5) is 34.1 Å². The number of nitrogens with zero attached hydrogens (tertiary/aromatic N) is 3. The Hall–Kier alpha value is -8.92. The molecule has 0 bridgehead atoms. The van der Waals surface area contributed by atoms with E-state index < -0.39 is 0 Å². The number of anilines is 6. The minimum Gasteiger partial charge on any atom is -0.337 e. The number of allylic oxidation sites excluding steroid dienone is 4. The van der Waals surface area contributed by atoms with Gasteiger partial charge in [-0.15, -0.1) is 0 Å². The molecule has 0 atom stereocenters. The molecule has 3 nitrogen and oxygen atoms in total. The summed E-state index contributed by atoms with van der Waals surface area (Å²) in [5.74, 6) is 0. The normalized spacial score (nSPS) is 11.5. The van der Waals surface area contributed by atoms with Gasteiger partial charge in [0, 0.05) is 57.0 Å². The van der Waals surface area contributed by atoms with E-state index in [0.29, 0.717) is 0 Å². The van der Waals surface area contributed by atoms with Crippen molar-refractivity contribution < 1.29 is 0 Å². The fourth-order valence-electron chi connectivity index (χ4n) is 9.53. The lowest BCUT2D eigenvalue weighted by Crippen LogP contribution is -2.10. The van der Waals surface area contributed by atoms with Gasteiger partial charge in [-0.25, -0.2) is 0 Å². The van der Waals surface area contributed by atoms with Gasteiger partial charge < -0.3 is 14.4 Å². The molecule has 0 spiro atoms. The average molecular weight is 886 g/mol. The highest BCUT2D eigenvalue weighted by Crippen LogP contribution is 2.41. The zero-order valence-electron chi connectivity index (χ0n) is 38.6. The second kappa shape index (κ2) is 19.5. The van der Waals surface area contributed by atoms with Crippen LogP contribution in [0.2, 0.25) is 0 Å². The lowest BCUT2D eigenvalue weighted by Gasteiger charge is -2.27. The summed E-state index contributed by atoms with van der Waals surface area (Å²) in [7, 11) is 0.